The van der Waals surface area contributed by atoms with Gasteiger partial charge in [0.15, 0.2) is 0 Å². The number of rotatable bonds is 26. The van der Waals surface area contributed by atoms with Gasteiger partial charge < -0.3 is 19.8 Å². The quantitative estimate of drug-likeness (QED) is 0.0480. The third-order valence-corrected chi connectivity index (χ3v) is 7.49. The fraction of sp³-hybridized carbons (Fsp3) is 0.897. The zero-order valence-corrected chi connectivity index (χ0v) is 26.1. The summed E-state index contributed by atoms with van der Waals surface area (Å²) in [5.74, 6) is -0.205. The molecule has 38 heavy (non-hydrogen) atoms. The largest absolute Gasteiger partial charge is 0.472 e. The Balaban J connectivity index is 4.49. The van der Waals surface area contributed by atoms with Crippen LogP contribution in [0, 0.1) is 0 Å². The number of unbranched alkanes of at least 4 members (excludes halogenated alkanes) is 13. The number of hydrogen-bond donors (Lipinski definition) is 3. The van der Waals surface area contributed by atoms with Crippen molar-refractivity contribution in [1.29, 1.82) is 0 Å². The number of carbonyl (C=O) groups excluding carboxylic acids is 1. The first-order valence-corrected chi connectivity index (χ1v) is 16.6. The molecule has 0 saturated carbocycles. The van der Waals surface area contributed by atoms with Crippen LogP contribution in [-0.2, 0) is 18.4 Å². The molecule has 3 atom stereocenters. The second-order valence-electron chi connectivity index (χ2n) is 11.5. The molecule has 0 aliphatic heterocycles. The molecule has 0 aromatic carbocycles. The van der Waals surface area contributed by atoms with E-state index in [4.69, 9.17) is 9.05 Å². The molecule has 0 aliphatic carbocycles. The lowest BCUT2D eigenvalue weighted by Gasteiger charge is -2.25. The van der Waals surface area contributed by atoms with E-state index in [0.717, 1.165) is 38.5 Å². The van der Waals surface area contributed by atoms with Gasteiger partial charge >= 0.3 is 7.82 Å². The lowest BCUT2D eigenvalue weighted by atomic mass is 10.0. The van der Waals surface area contributed by atoms with E-state index in [1.54, 1.807) is 6.08 Å². The number of aliphatic hydroxyl groups is 1. The predicted octanol–water partition coefficient (Wildman–Crippen LogP) is 6.51. The SMILES string of the molecule is CCCCCCCCCCCCC/C=C/[C@@H](O)[C@@H](COP(=O)(O)OCC[N+](C)(C)C)NC(=O)CCCCC. The van der Waals surface area contributed by atoms with Crippen molar-refractivity contribution >= 4 is 13.7 Å². The lowest BCUT2D eigenvalue weighted by Crippen LogP contribution is -2.45. The van der Waals surface area contributed by atoms with Crippen molar-refractivity contribution in [2.75, 3.05) is 40.9 Å². The van der Waals surface area contributed by atoms with E-state index in [-0.39, 0.29) is 19.1 Å². The first-order valence-electron chi connectivity index (χ1n) is 15.1. The second-order valence-corrected chi connectivity index (χ2v) is 12.9. The van der Waals surface area contributed by atoms with Gasteiger partial charge in [0.25, 0.3) is 0 Å². The van der Waals surface area contributed by atoms with Crippen molar-refractivity contribution in [3.8, 4) is 0 Å². The molecule has 0 spiro atoms. The summed E-state index contributed by atoms with van der Waals surface area (Å²) in [6, 6.07) is -0.833. The highest BCUT2D eigenvalue weighted by Crippen LogP contribution is 2.43. The highest BCUT2D eigenvalue weighted by Gasteiger charge is 2.27. The first-order chi connectivity index (χ1) is 18.0. The second kappa shape index (κ2) is 23.0. The Labute approximate surface area is 233 Å². The molecule has 1 unspecified atom stereocenters. The summed E-state index contributed by atoms with van der Waals surface area (Å²) in [4.78, 5) is 22.4. The zero-order chi connectivity index (χ0) is 28.7. The van der Waals surface area contributed by atoms with Crippen LogP contribution in [0.25, 0.3) is 0 Å². The molecular formula is C29H60N2O6P+. The summed E-state index contributed by atoms with van der Waals surface area (Å²) in [5.41, 5.74) is 0. The Morgan fingerprint density at radius 3 is 1.95 bits per heavy atom. The van der Waals surface area contributed by atoms with Crippen molar-refractivity contribution in [3.63, 3.8) is 0 Å². The van der Waals surface area contributed by atoms with Crippen LogP contribution in [0.4, 0.5) is 0 Å². The van der Waals surface area contributed by atoms with Gasteiger partial charge in [-0.1, -0.05) is 103 Å². The molecule has 0 saturated heterocycles. The van der Waals surface area contributed by atoms with Crippen LogP contribution in [0.2, 0.25) is 0 Å². The Morgan fingerprint density at radius 1 is 0.868 bits per heavy atom. The van der Waals surface area contributed by atoms with Gasteiger partial charge in [0.1, 0.15) is 13.2 Å². The first kappa shape index (κ1) is 37.2. The Kier molecular flexibility index (Phi) is 22.5. The predicted molar refractivity (Wildman–Crippen MR) is 157 cm³/mol. The molecule has 226 valence electrons. The number of aliphatic hydroxyl groups excluding tert-OH is 1. The summed E-state index contributed by atoms with van der Waals surface area (Å²) in [5, 5.41) is 13.5. The molecule has 0 aromatic heterocycles. The standard InChI is InChI=1S/C29H59N2O6P/c1-6-8-10-11-12-13-14-15-16-17-18-19-21-22-28(32)27(30-29(33)23-20-9-7-2)26-37-38(34,35)36-25-24-31(3,4)5/h21-22,27-28,32H,6-20,23-26H2,1-5H3,(H-,30,33,34,35)/p+1/b22-21+/t27-,28-/m1/s1. The van der Waals surface area contributed by atoms with Crippen LogP contribution in [-0.4, -0.2) is 73.4 Å². The minimum Gasteiger partial charge on any atom is -0.387 e. The van der Waals surface area contributed by atoms with Crippen LogP contribution in [0.5, 0.6) is 0 Å². The number of phosphoric acid groups is 1. The fourth-order valence-electron chi connectivity index (χ4n) is 3.98. The van der Waals surface area contributed by atoms with Crippen LogP contribution in [0.3, 0.4) is 0 Å². The topological polar surface area (TPSA) is 105 Å². The van der Waals surface area contributed by atoms with E-state index in [9.17, 15) is 19.4 Å². The summed E-state index contributed by atoms with van der Waals surface area (Å²) in [7, 11) is 1.56. The van der Waals surface area contributed by atoms with Gasteiger partial charge in [0.05, 0.1) is 39.9 Å². The fourth-order valence-corrected chi connectivity index (χ4v) is 4.71. The summed E-state index contributed by atoms with van der Waals surface area (Å²) < 4.78 is 23.1. The molecule has 0 aliphatic rings. The van der Waals surface area contributed by atoms with Crippen molar-refractivity contribution in [2.45, 2.75) is 129 Å². The van der Waals surface area contributed by atoms with Crippen LogP contribution >= 0.6 is 7.82 Å². The third kappa shape index (κ3) is 24.3. The number of carbonyl (C=O) groups is 1. The van der Waals surface area contributed by atoms with Crippen molar-refractivity contribution in [2.24, 2.45) is 0 Å². The molecular weight excluding hydrogens is 503 g/mol. The molecule has 0 rings (SSSR count). The van der Waals surface area contributed by atoms with Crippen LogP contribution < -0.4 is 5.32 Å². The van der Waals surface area contributed by atoms with E-state index < -0.39 is 20.0 Å². The van der Waals surface area contributed by atoms with E-state index in [1.165, 1.54) is 57.8 Å². The zero-order valence-electron chi connectivity index (χ0n) is 25.2. The highest BCUT2D eigenvalue weighted by atomic mass is 31.2. The maximum atomic E-state index is 12.4. The maximum Gasteiger partial charge on any atom is 0.472 e. The minimum absolute atomic E-state index is 0.0622. The minimum atomic E-state index is -4.30. The van der Waals surface area contributed by atoms with Gasteiger partial charge in [-0.05, 0) is 19.3 Å². The molecule has 3 N–H and O–H groups in total. The van der Waals surface area contributed by atoms with Gasteiger partial charge in [0, 0.05) is 6.42 Å². The lowest BCUT2D eigenvalue weighted by molar-refractivity contribution is -0.870. The van der Waals surface area contributed by atoms with E-state index in [2.05, 4.69) is 19.2 Å². The van der Waals surface area contributed by atoms with Gasteiger partial charge in [-0.15, -0.1) is 0 Å². The number of nitrogens with zero attached hydrogens (tertiary/aromatic N) is 1. The molecule has 0 bridgehead atoms. The molecule has 1 amide bonds. The Hall–Kier alpha value is -0.760. The van der Waals surface area contributed by atoms with Gasteiger partial charge in [-0.2, -0.15) is 0 Å². The van der Waals surface area contributed by atoms with Gasteiger partial charge in [-0.25, -0.2) is 4.57 Å². The smallest absolute Gasteiger partial charge is 0.387 e. The number of likely N-dealkylation sites (N-methyl/N-ethyl adjacent to an activating group) is 1. The van der Waals surface area contributed by atoms with Crippen molar-refractivity contribution < 1.29 is 32.9 Å². The molecule has 9 heteroatoms. The number of phosphoric ester groups is 1. The highest BCUT2D eigenvalue weighted by molar-refractivity contribution is 7.47. The number of nitrogens with one attached hydrogen (secondary N) is 1. The van der Waals surface area contributed by atoms with Crippen LogP contribution in [0.1, 0.15) is 117 Å². The molecule has 8 nitrogen and oxygen atoms in total. The third-order valence-electron chi connectivity index (χ3n) is 6.51. The summed E-state index contributed by atoms with van der Waals surface area (Å²) in [6.45, 7) is 4.59. The molecule has 0 aromatic rings. The van der Waals surface area contributed by atoms with E-state index >= 15 is 0 Å². The number of allylic oxidation sites excluding steroid dienone is 1. The molecule has 0 fully saturated rings. The van der Waals surface area contributed by atoms with Crippen molar-refractivity contribution in [3.05, 3.63) is 12.2 Å². The van der Waals surface area contributed by atoms with Crippen LogP contribution in [0.15, 0.2) is 12.2 Å². The number of hydrogen-bond acceptors (Lipinski definition) is 5. The average Bonchev–Trinajstić information content (AvgIpc) is 2.83. The normalized spacial score (nSPS) is 15.4. The maximum absolute atomic E-state index is 12.4. The average molecular weight is 564 g/mol. The Bertz CT molecular complexity index is 653. The number of quaternary nitrogens is 1. The van der Waals surface area contributed by atoms with E-state index in [0.29, 0.717) is 17.4 Å². The monoisotopic (exact) mass is 563 g/mol. The summed E-state index contributed by atoms with van der Waals surface area (Å²) in [6.07, 6.45) is 20.6. The molecule has 0 heterocycles. The van der Waals surface area contributed by atoms with Crippen molar-refractivity contribution in [1.82, 2.24) is 5.32 Å². The molecule has 0 radical (unpaired) electrons. The summed E-state index contributed by atoms with van der Waals surface area (Å²) >= 11 is 0. The van der Waals surface area contributed by atoms with E-state index in [1.807, 2.05) is 27.2 Å². The Morgan fingerprint density at radius 2 is 1.39 bits per heavy atom. The van der Waals surface area contributed by atoms with Gasteiger partial charge in [-0.3, -0.25) is 13.8 Å². The number of amides is 1. The van der Waals surface area contributed by atoms with Gasteiger partial charge in [0.2, 0.25) is 5.91 Å².